The van der Waals surface area contributed by atoms with E-state index in [-0.39, 0.29) is 11.9 Å². The summed E-state index contributed by atoms with van der Waals surface area (Å²) < 4.78 is 7.07. The molecule has 116 valence electrons. The fourth-order valence-corrected chi connectivity index (χ4v) is 2.90. The third-order valence-corrected chi connectivity index (χ3v) is 4.04. The largest absolute Gasteiger partial charge is 0.496 e. The lowest BCUT2D eigenvalue weighted by Crippen LogP contribution is -2.49. The van der Waals surface area contributed by atoms with E-state index < -0.39 is 0 Å². The van der Waals surface area contributed by atoms with Gasteiger partial charge in [0.15, 0.2) is 0 Å². The summed E-state index contributed by atoms with van der Waals surface area (Å²) in [7, 11) is 3.44. The number of ether oxygens (including phenoxy) is 1. The van der Waals surface area contributed by atoms with Crippen LogP contribution in [0.5, 0.6) is 5.75 Å². The van der Waals surface area contributed by atoms with Crippen LogP contribution in [0.4, 0.5) is 0 Å². The molecule has 1 N–H and O–H groups in total. The van der Waals surface area contributed by atoms with Crippen LogP contribution in [0.25, 0.3) is 0 Å². The highest BCUT2D eigenvalue weighted by atomic mass is 16.5. The Bertz CT molecular complexity index is 668. The third-order valence-electron chi connectivity index (χ3n) is 4.04. The number of aryl methyl sites for hydroxylation is 1. The Morgan fingerprint density at radius 1 is 1.36 bits per heavy atom. The van der Waals surface area contributed by atoms with Crippen LogP contribution in [0.2, 0.25) is 0 Å². The Kier molecular flexibility index (Phi) is 4.11. The van der Waals surface area contributed by atoms with E-state index in [4.69, 9.17) is 4.74 Å². The van der Waals surface area contributed by atoms with Crippen LogP contribution < -0.4 is 10.1 Å². The lowest BCUT2D eigenvalue weighted by molar-refractivity contribution is 0.0620. The Labute approximate surface area is 129 Å². The molecule has 1 aliphatic rings. The molecule has 1 aliphatic heterocycles. The van der Waals surface area contributed by atoms with E-state index in [1.165, 1.54) is 0 Å². The summed E-state index contributed by atoms with van der Waals surface area (Å²) in [5, 5.41) is 7.45. The van der Waals surface area contributed by atoms with Crippen LogP contribution in [0, 0.1) is 0 Å². The van der Waals surface area contributed by atoms with Crippen LogP contribution in [0.1, 0.15) is 22.1 Å². The van der Waals surface area contributed by atoms with Crippen LogP contribution in [0.3, 0.4) is 0 Å². The zero-order chi connectivity index (χ0) is 15.5. The van der Waals surface area contributed by atoms with E-state index in [1.807, 2.05) is 29.2 Å². The summed E-state index contributed by atoms with van der Waals surface area (Å²) in [6, 6.07) is 9.55. The van der Waals surface area contributed by atoms with Crippen molar-refractivity contribution in [1.29, 1.82) is 0 Å². The number of hydrogen-bond donors (Lipinski definition) is 1. The molecule has 1 amide bonds. The average molecular weight is 300 g/mol. The summed E-state index contributed by atoms with van der Waals surface area (Å²) in [6.07, 6.45) is 1.65. The van der Waals surface area contributed by atoms with Crippen molar-refractivity contribution in [1.82, 2.24) is 20.0 Å². The number of nitrogens with one attached hydrogen (secondary N) is 1. The molecule has 0 unspecified atom stereocenters. The van der Waals surface area contributed by atoms with E-state index in [0.717, 1.165) is 17.9 Å². The van der Waals surface area contributed by atoms with Crippen LogP contribution in [0.15, 0.2) is 36.5 Å². The summed E-state index contributed by atoms with van der Waals surface area (Å²) >= 11 is 0. The molecule has 2 aromatic rings. The number of aromatic nitrogens is 2. The lowest BCUT2D eigenvalue weighted by Gasteiger charge is -2.37. The first kappa shape index (κ1) is 14.6. The van der Waals surface area contributed by atoms with E-state index in [1.54, 1.807) is 31.1 Å². The fourth-order valence-electron chi connectivity index (χ4n) is 2.90. The predicted molar refractivity (Wildman–Crippen MR) is 82.8 cm³/mol. The maximum atomic E-state index is 12.9. The number of benzene rings is 1. The van der Waals surface area contributed by atoms with Crippen molar-refractivity contribution in [3.05, 3.63) is 47.8 Å². The summed E-state index contributed by atoms with van der Waals surface area (Å²) in [5.74, 6) is 0.802. The maximum Gasteiger partial charge on any atom is 0.272 e. The quantitative estimate of drug-likeness (QED) is 0.926. The Morgan fingerprint density at radius 2 is 2.18 bits per heavy atom. The van der Waals surface area contributed by atoms with Crippen molar-refractivity contribution in [2.24, 2.45) is 7.05 Å². The molecule has 1 aromatic carbocycles. The van der Waals surface area contributed by atoms with Gasteiger partial charge in [0.2, 0.25) is 0 Å². The third kappa shape index (κ3) is 2.57. The SMILES string of the molecule is COc1ccccc1[C@H]1CNCCN1C(=O)c1ccnn1C. The first-order valence-electron chi connectivity index (χ1n) is 7.35. The molecular weight excluding hydrogens is 280 g/mol. The van der Waals surface area contributed by atoms with Crippen molar-refractivity contribution in [2.45, 2.75) is 6.04 Å². The van der Waals surface area contributed by atoms with Gasteiger partial charge in [-0.25, -0.2) is 0 Å². The molecular formula is C16H20N4O2. The molecule has 1 aromatic heterocycles. The second-order valence-corrected chi connectivity index (χ2v) is 5.30. The molecule has 1 saturated heterocycles. The van der Waals surface area contributed by atoms with Gasteiger partial charge in [-0.3, -0.25) is 9.48 Å². The number of piperazine rings is 1. The van der Waals surface area contributed by atoms with Gasteiger partial charge in [0, 0.05) is 38.4 Å². The zero-order valence-corrected chi connectivity index (χ0v) is 12.8. The molecule has 6 heteroatoms. The minimum absolute atomic E-state index is 0.00240. The van der Waals surface area contributed by atoms with E-state index in [0.29, 0.717) is 18.8 Å². The standard InChI is InChI=1S/C16H20N4O2/c1-19-13(7-8-18-19)16(21)20-10-9-17-11-14(20)12-5-3-4-6-15(12)22-2/h3-8,14,17H,9-11H2,1-2H3/t14-/m1/s1. The highest BCUT2D eigenvalue weighted by Crippen LogP contribution is 2.30. The highest BCUT2D eigenvalue weighted by molar-refractivity contribution is 5.93. The van der Waals surface area contributed by atoms with Gasteiger partial charge in [-0.05, 0) is 12.1 Å². The molecule has 3 rings (SSSR count). The summed E-state index contributed by atoms with van der Waals surface area (Å²) in [6.45, 7) is 2.16. The molecule has 0 spiro atoms. The van der Waals surface area contributed by atoms with Gasteiger partial charge in [-0.15, -0.1) is 0 Å². The molecule has 6 nitrogen and oxygen atoms in total. The van der Waals surface area contributed by atoms with Crippen LogP contribution in [-0.4, -0.2) is 47.3 Å². The normalized spacial score (nSPS) is 18.3. The molecule has 0 radical (unpaired) electrons. The Hall–Kier alpha value is -2.34. The molecule has 0 saturated carbocycles. The second-order valence-electron chi connectivity index (χ2n) is 5.30. The van der Waals surface area contributed by atoms with Gasteiger partial charge in [0.25, 0.3) is 5.91 Å². The topological polar surface area (TPSA) is 59.4 Å². The van der Waals surface area contributed by atoms with Crippen molar-refractivity contribution < 1.29 is 9.53 Å². The maximum absolute atomic E-state index is 12.9. The van der Waals surface area contributed by atoms with Crippen molar-refractivity contribution in [3.8, 4) is 5.75 Å². The van der Waals surface area contributed by atoms with Gasteiger partial charge in [-0.2, -0.15) is 5.10 Å². The smallest absolute Gasteiger partial charge is 0.272 e. The number of carbonyl (C=O) groups is 1. The number of hydrogen-bond acceptors (Lipinski definition) is 4. The second kappa shape index (κ2) is 6.19. The van der Waals surface area contributed by atoms with Gasteiger partial charge in [0.05, 0.1) is 13.2 Å². The first-order chi connectivity index (χ1) is 10.7. The van der Waals surface area contributed by atoms with E-state index >= 15 is 0 Å². The molecule has 2 heterocycles. The number of amides is 1. The average Bonchev–Trinajstić information content (AvgIpc) is 3.00. The van der Waals surface area contributed by atoms with Crippen molar-refractivity contribution >= 4 is 5.91 Å². The van der Waals surface area contributed by atoms with Crippen LogP contribution >= 0.6 is 0 Å². The van der Waals surface area contributed by atoms with Crippen LogP contribution in [-0.2, 0) is 7.05 Å². The van der Waals surface area contributed by atoms with E-state index in [2.05, 4.69) is 10.4 Å². The number of carbonyl (C=O) groups excluding carboxylic acids is 1. The molecule has 1 fully saturated rings. The summed E-state index contributed by atoms with van der Waals surface area (Å²) in [4.78, 5) is 14.8. The lowest BCUT2D eigenvalue weighted by atomic mass is 10.0. The Morgan fingerprint density at radius 3 is 2.91 bits per heavy atom. The predicted octanol–water partition coefficient (Wildman–Crippen LogP) is 1.22. The van der Waals surface area contributed by atoms with Crippen molar-refractivity contribution in [3.63, 3.8) is 0 Å². The summed E-state index contributed by atoms with van der Waals surface area (Å²) in [5.41, 5.74) is 1.62. The van der Waals surface area contributed by atoms with Gasteiger partial charge < -0.3 is 15.0 Å². The molecule has 0 aliphatic carbocycles. The molecule has 22 heavy (non-hydrogen) atoms. The number of para-hydroxylation sites is 1. The van der Waals surface area contributed by atoms with Gasteiger partial charge in [0.1, 0.15) is 11.4 Å². The number of nitrogens with zero attached hydrogens (tertiary/aromatic N) is 3. The molecule has 1 atom stereocenters. The zero-order valence-electron chi connectivity index (χ0n) is 12.8. The fraction of sp³-hybridized carbons (Fsp3) is 0.375. The van der Waals surface area contributed by atoms with Crippen molar-refractivity contribution in [2.75, 3.05) is 26.7 Å². The molecule has 0 bridgehead atoms. The van der Waals surface area contributed by atoms with Gasteiger partial charge >= 0.3 is 0 Å². The Balaban J connectivity index is 1.95. The van der Waals surface area contributed by atoms with Gasteiger partial charge in [-0.1, -0.05) is 18.2 Å². The highest BCUT2D eigenvalue weighted by Gasteiger charge is 2.31. The minimum Gasteiger partial charge on any atom is -0.496 e. The minimum atomic E-state index is -0.0488. The first-order valence-corrected chi connectivity index (χ1v) is 7.35. The number of rotatable bonds is 3. The van der Waals surface area contributed by atoms with E-state index in [9.17, 15) is 4.79 Å². The monoisotopic (exact) mass is 300 g/mol. The number of methoxy groups -OCH3 is 1.